The van der Waals surface area contributed by atoms with Crippen LogP contribution in [0.4, 0.5) is 17.1 Å². The van der Waals surface area contributed by atoms with E-state index in [4.69, 9.17) is 29.1 Å². The second-order valence-corrected chi connectivity index (χ2v) is 7.59. The Hall–Kier alpha value is -3.02. The number of benzene rings is 2. The van der Waals surface area contributed by atoms with Crippen molar-refractivity contribution < 1.29 is 9.72 Å². The Morgan fingerprint density at radius 3 is 2.43 bits per heavy atom. The number of anilines is 2. The minimum atomic E-state index is -1.07. The first-order chi connectivity index (χ1) is 13.1. The molecule has 0 atom stereocenters. The SMILES string of the molecule is Cc1cc(N2C(=O)C(C)(C)N(c3ccc(Cl)c([N+](=O)[O-])c3)C2=S)ccc1C#N. The zero-order valence-corrected chi connectivity index (χ0v) is 16.8. The van der Waals surface area contributed by atoms with Gasteiger partial charge in [-0.1, -0.05) is 11.6 Å². The third-order valence-corrected chi connectivity index (χ3v) is 5.33. The molecule has 0 unspecified atom stereocenters. The first-order valence-corrected chi connectivity index (χ1v) is 9.01. The van der Waals surface area contributed by atoms with E-state index >= 15 is 0 Å². The Morgan fingerprint density at radius 1 is 1.21 bits per heavy atom. The van der Waals surface area contributed by atoms with Crippen LogP contribution in [-0.4, -0.2) is 21.5 Å². The summed E-state index contributed by atoms with van der Waals surface area (Å²) >= 11 is 11.5. The van der Waals surface area contributed by atoms with Gasteiger partial charge >= 0.3 is 0 Å². The van der Waals surface area contributed by atoms with Gasteiger partial charge in [-0.05, 0) is 68.9 Å². The molecule has 1 fully saturated rings. The average molecular weight is 415 g/mol. The second kappa shape index (κ2) is 6.86. The molecule has 1 aliphatic heterocycles. The molecule has 1 aliphatic rings. The fraction of sp³-hybridized carbons (Fsp3) is 0.211. The van der Waals surface area contributed by atoms with Crippen LogP contribution in [0.3, 0.4) is 0 Å². The van der Waals surface area contributed by atoms with Gasteiger partial charge in [0.05, 0.1) is 27.9 Å². The Morgan fingerprint density at radius 2 is 1.86 bits per heavy atom. The summed E-state index contributed by atoms with van der Waals surface area (Å²) in [6.07, 6.45) is 0. The van der Waals surface area contributed by atoms with E-state index in [1.165, 1.54) is 17.0 Å². The lowest BCUT2D eigenvalue weighted by molar-refractivity contribution is -0.384. The van der Waals surface area contributed by atoms with Crippen molar-refractivity contribution in [3.63, 3.8) is 0 Å². The molecule has 9 heteroatoms. The maximum atomic E-state index is 13.1. The molecule has 0 N–H and O–H groups in total. The monoisotopic (exact) mass is 414 g/mol. The van der Waals surface area contributed by atoms with E-state index in [9.17, 15) is 14.9 Å². The summed E-state index contributed by atoms with van der Waals surface area (Å²) in [7, 11) is 0. The summed E-state index contributed by atoms with van der Waals surface area (Å²) in [5.41, 5.74) is 0.816. The van der Waals surface area contributed by atoms with Crippen LogP contribution < -0.4 is 9.80 Å². The van der Waals surface area contributed by atoms with Crippen LogP contribution in [0.1, 0.15) is 25.0 Å². The zero-order chi connectivity index (χ0) is 20.8. The van der Waals surface area contributed by atoms with E-state index < -0.39 is 10.5 Å². The van der Waals surface area contributed by atoms with E-state index in [0.717, 1.165) is 0 Å². The number of rotatable bonds is 3. The maximum absolute atomic E-state index is 13.1. The topological polar surface area (TPSA) is 90.5 Å². The lowest BCUT2D eigenvalue weighted by atomic mass is 10.0. The number of nitro benzene ring substituents is 1. The molecular formula is C19H15ClN4O3S. The predicted octanol–water partition coefficient (Wildman–Crippen LogP) is 4.35. The van der Waals surface area contributed by atoms with E-state index in [-0.39, 0.29) is 21.7 Å². The number of aryl methyl sites for hydroxylation is 1. The molecule has 1 saturated heterocycles. The molecule has 1 heterocycles. The molecule has 142 valence electrons. The Balaban J connectivity index is 2.11. The van der Waals surface area contributed by atoms with Crippen molar-refractivity contribution in [3.8, 4) is 6.07 Å². The number of carbonyl (C=O) groups excluding carboxylic acids is 1. The molecule has 0 saturated carbocycles. The third-order valence-electron chi connectivity index (χ3n) is 4.64. The van der Waals surface area contributed by atoms with Crippen LogP contribution in [0.15, 0.2) is 36.4 Å². The van der Waals surface area contributed by atoms with E-state index in [1.807, 2.05) is 0 Å². The fourth-order valence-electron chi connectivity index (χ4n) is 3.15. The lowest BCUT2D eigenvalue weighted by Gasteiger charge is -2.29. The summed E-state index contributed by atoms with van der Waals surface area (Å²) in [6, 6.07) is 11.4. The van der Waals surface area contributed by atoms with Crippen molar-refractivity contribution in [3.05, 3.63) is 62.7 Å². The smallest absolute Gasteiger partial charge is 0.289 e. The summed E-state index contributed by atoms with van der Waals surface area (Å²) in [5.74, 6) is -0.279. The number of nitrogens with zero attached hydrogens (tertiary/aromatic N) is 4. The Kier molecular flexibility index (Phi) is 4.83. The van der Waals surface area contributed by atoms with Crippen LogP contribution in [0.2, 0.25) is 5.02 Å². The van der Waals surface area contributed by atoms with Crippen LogP contribution in [0.25, 0.3) is 0 Å². The lowest BCUT2D eigenvalue weighted by Crippen LogP contribution is -2.44. The average Bonchev–Trinajstić information content (AvgIpc) is 2.80. The highest BCUT2D eigenvalue weighted by molar-refractivity contribution is 7.81. The Labute approximate surface area is 171 Å². The van der Waals surface area contributed by atoms with Gasteiger partial charge in [-0.25, -0.2) is 0 Å². The number of nitro groups is 1. The van der Waals surface area contributed by atoms with Gasteiger partial charge in [0.15, 0.2) is 5.11 Å². The summed E-state index contributed by atoms with van der Waals surface area (Å²) in [4.78, 5) is 26.8. The van der Waals surface area contributed by atoms with Crippen LogP contribution in [0.5, 0.6) is 0 Å². The van der Waals surface area contributed by atoms with Crippen LogP contribution in [0, 0.1) is 28.4 Å². The quantitative estimate of drug-likeness (QED) is 0.421. The van der Waals surface area contributed by atoms with Gasteiger partial charge in [0.2, 0.25) is 0 Å². The highest BCUT2D eigenvalue weighted by Crippen LogP contribution is 2.39. The molecule has 2 aromatic carbocycles. The molecule has 3 rings (SSSR count). The first-order valence-electron chi connectivity index (χ1n) is 8.23. The first kappa shape index (κ1) is 19.7. The number of amides is 1. The summed E-state index contributed by atoms with van der Waals surface area (Å²) in [5, 5.41) is 20.6. The van der Waals surface area contributed by atoms with Crippen molar-refractivity contribution in [2.75, 3.05) is 9.80 Å². The molecule has 0 spiro atoms. The molecule has 0 bridgehead atoms. The Bertz CT molecular complexity index is 1080. The van der Waals surface area contributed by atoms with Crippen molar-refractivity contribution in [1.82, 2.24) is 0 Å². The number of nitriles is 1. The number of hydrogen-bond donors (Lipinski definition) is 0. The normalized spacial score (nSPS) is 15.7. The summed E-state index contributed by atoms with van der Waals surface area (Å²) in [6.45, 7) is 5.16. The molecule has 1 amide bonds. The van der Waals surface area contributed by atoms with Crippen molar-refractivity contribution in [2.24, 2.45) is 0 Å². The molecule has 7 nitrogen and oxygen atoms in total. The van der Waals surface area contributed by atoms with Gasteiger partial charge in [-0.15, -0.1) is 0 Å². The maximum Gasteiger partial charge on any atom is 0.289 e. The number of carbonyl (C=O) groups is 1. The second-order valence-electron chi connectivity index (χ2n) is 6.82. The van der Waals surface area contributed by atoms with E-state index in [1.54, 1.807) is 49.9 Å². The van der Waals surface area contributed by atoms with E-state index in [0.29, 0.717) is 22.5 Å². The number of hydrogen-bond acceptors (Lipinski definition) is 5. The van der Waals surface area contributed by atoms with Crippen molar-refractivity contribution in [2.45, 2.75) is 26.3 Å². The largest absolute Gasteiger partial charge is 0.303 e. The van der Waals surface area contributed by atoms with E-state index in [2.05, 4.69) is 6.07 Å². The van der Waals surface area contributed by atoms with Crippen molar-refractivity contribution >= 4 is 51.9 Å². The van der Waals surface area contributed by atoms with Gasteiger partial charge in [0.25, 0.3) is 11.6 Å². The van der Waals surface area contributed by atoms with Gasteiger partial charge in [-0.3, -0.25) is 19.8 Å². The predicted molar refractivity (Wildman–Crippen MR) is 111 cm³/mol. The third kappa shape index (κ3) is 2.99. The minimum absolute atomic E-state index is 0.00238. The van der Waals surface area contributed by atoms with Gasteiger partial charge in [0.1, 0.15) is 10.6 Å². The highest BCUT2D eigenvalue weighted by Gasteiger charge is 2.50. The van der Waals surface area contributed by atoms with Crippen LogP contribution in [-0.2, 0) is 4.79 Å². The van der Waals surface area contributed by atoms with Crippen molar-refractivity contribution in [1.29, 1.82) is 5.26 Å². The number of halogens is 1. The summed E-state index contributed by atoms with van der Waals surface area (Å²) < 4.78 is 0. The van der Waals surface area contributed by atoms with Crippen LogP contribution >= 0.6 is 23.8 Å². The molecular weight excluding hydrogens is 400 g/mol. The minimum Gasteiger partial charge on any atom is -0.303 e. The fourth-order valence-corrected chi connectivity index (χ4v) is 3.86. The highest BCUT2D eigenvalue weighted by atomic mass is 35.5. The van der Waals surface area contributed by atoms with Gasteiger partial charge in [-0.2, -0.15) is 5.26 Å². The van der Waals surface area contributed by atoms with Gasteiger partial charge in [0, 0.05) is 6.07 Å². The molecule has 2 aromatic rings. The molecule has 28 heavy (non-hydrogen) atoms. The standard InChI is InChI=1S/C19H15ClN4O3S/c1-11-8-13(5-4-12(11)10-21)22-17(25)19(2,3)23(18(22)28)14-6-7-15(20)16(9-14)24(26)27/h4-9H,1-3H3. The molecule has 0 radical (unpaired) electrons. The number of thiocarbonyl (C=S) groups is 1. The van der Waals surface area contributed by atoms with Gasteiger partial charge < -0.3 is 4.90 Å². The molecule has 0 aliphatic carbocycles. The zero-order valence-electron chi connectivity index (χ0n) is 15.3. The molecule has 0 aromatic heterocycles.